The van der Waals surface area contributed by atoms with Crippen LogP contribution in [0.3, 0.4) is 0 Å². The molecule has 0 saturated carbocycles. The summed E-state index contributed by atoms with van der Waals surface area (Å²) in [4.78, 5) is 19.9. The van der Waals surface area contributed by atoms with E-state index < -0.39 is 0 Å². The van der Waals surface area contributed by atoms with Crippen molar-refractivity contribution in [2.24, 2.45) is 0 Å². The highest BCUT2D eigenvalue weighted by atomic mass is 35.5. The number of rotatable bonds is 3. The van der Waals surface area contributed by atoms with Crippen LogP contribution < -0.4 is 10.6 Å². The molecule has 7 heteroatoms. The first kappa shape index (κ1) is 11.8. The number of aromatic nitrogens is 2. The lowest BCUT2D eigenvalue weighted by atomic mass is 10.2. The van der Waals surface area contributed by atoms with Crippen molar-refractivity contribution >= 4 is 39.8 Å². The van der Waals surface area contributed by atoms with Gasteiger partial charge in [0.05, 0.1) is 10.6 Å². The zero-order valence-corrected chi connectivity index (χ0v) is 10.5. The largest absolute Gasteiger partial charge is 0.373 e. The number of hydrogen-bond acceptors (Lipinski definition) is 5. The molecule has 0 aliphatic rings. The van der Waals surface area contributed by atoms with E-state index in [-0.39, 0.29) is 5.91 Å². The van der Waals surface area contributed by atoms with Gasteiger partial charge in [0, 0.05) is 24.8 Å². The molecule has 88 valence electrons. The van der Waals surface area contributed by atoms with E-state index in [9.17, 15) is 4.79 Å². The van der Waals surface area contributed by atoms with Gasteiger partial charge in [0.15, 0.2) is 5.13 Å². The van der Waals surface area contributed by atoms with Crippen LogP contribution in [-0.4, -0.2) is 22.9 Å². The van der Waals surface area contributed by atoms with Crippen molar-refractivity contribution < 1.29 is 4.79 Å². The third-order valence-electron chi connectivity index (χ3n) is 2.01. The molecule has 2 N–H and O–H groups in total. The number of pyridine rings is 1. The number of carbonyl (C=O) groups is 1. The molecule has 0 aliphatic heterocycles. The zero-order valence-electron chi connectivity index (χ0n) is 8.90. The zero-order chi connectivity index (χ0) is 12.3. The molecule has 0 fully saturated rings. The molecule has 1 amide bonds. The number of halogens is 1. The smallest absolute Gasteiger partial charge is 0.259 e. The van der Waals surface area contributed by atoms with E-state index in [1.165, 1.54) is 17.5 Å². The number of amides is 1. The number of thiazole rings is 1. The van der Waals surface area contributed by atoms with E-state index in [4.69, 9.17) is 11.6 Å². The van der Waals surface area contributed by atoms with E-state index in [0.29, 0.717) is 21.5 Å². The molecule has 2 rings (SSSR count). The van der Waals surface area contributed by atoms with Gasteiger partial charge in [-0.15, -0.1) is 11.3 Å². The lowest BCUT2D eigenvalue weighted by Gasteiger charge is -2.06. The van der Waals surface area contributed by atoms with Crippen LogP contribution in [0.15, 0.2) is 23.8 Å². The van der Waals surface area contributed by atoms with Crippen molar-refractivity contribution in [1.82, 2.24) is 9.97 Å². The molecular formula is C10H9ClN4OS. The Morgan fingerprint density at radius 1 is 1.47 bits per heavy atom. The molecule has 5 nitrogen and oxygen atoms in total. The molecule has 2 heterocycles. The van der Waals surface area contributed by atoms with Crippen LogP contribution in [-0.2, 0) is 0 Å². The van der Waals surface area contributed by atoms with Gasteiger partial charge >= 0.3 is 0 Å². The molecule has 0 unspecified atom stereocenters. The van der Waals surface area contributed by atoms with Crippen molar-refractivity contribution in [3.05, 3.63) is 34.4 Å². The van der Waals surface area contributed by atoms with Crippen LogP contribution in [0.5, 0.6) is 0 Å². The summed E-state index contributed by atoms with van der Waals surface area (Å²) in [6.45, 7) is 0. The van der Waals surface area contributed by atoms with Crippen molar-refractivity contribution in [3.8, 4) is 0 Å². The normalized spacial score (nSPS) is 10.0. The summed E-state index contributed by atoms with van der Waals surface area (Å²) < 4.78 is 0. The Morgan fingerprint density at radius 2 is 2.29 bits per heavy atom. The highest BCUT2D eigenvalue weighted by molar-refractivity contribution is 7.13. The molecule has 0 atom stereocenters. The number of nitrogens with zero attached hydrogens (tertiary/aromatic N) is 2. The molecule has 0 aromatic carbocycles. The average Bonchev–Trinajstić information content (AvgIpc) is 2.82. The minimum atomic E-state index is -0.302. The van der Waals surface area contributed by atoms with Crippen molar-refractivity contribution in [2.75, 3.05) is 17.7 Å². The fourth-order valence-electron chi connectivity index (χ4n) is 1.20. The summed E-state index contributed by atoms with van der Waals surface area (Å²) >= 11 is 7.26. The molecule has 17 heavy (non-hydrogen) atoms. The van der Waals surface area contributed by atoms with Gasteiger partial charge in [-0.2, -0.15) is 0 Å². The van der Waals surface area contributed by atoms with Crippen LogP contribution in [0.1, 0.15) is 10.4 Å². The lowest BCUT2D eigenvalue weighted by Crippen LogP contribution is -2.13. The van der Waals surface area contributed by atoms with E-state index in [1.54, 1.807) is 24.7 Å². The summed E-state index contributed by atoms with van der Waals surface area (Å²) in [5.41, 5.74) is 0.362. The fraction of sp³-hybridized carbons (Fsp3) is 0.100. The van der Waals surface area contributed by atoms with Crippen molar-refractivity contribution in [3.63, 3.8) is 0 Å². The van der Waals surface area contributed by atoms with Crippen LogP contribution in [0.25, 0.3) is 0 Å². The van der Waals surface area contributed by atoms with Crippen LogP contribution in [0, 0.1) is 0 Å². The predicted octanol–water partition coefficient (Wildman–Crippen LogP) is 2.49. The van der Waals surface area contributed by atoms with Gasteiger partial charge in [0.1, 0.15) is 5.82 Å². The first-order chi connectivity index (χ1) is 8.20. The fourth-order valence-corrected chi connectivity index (χ4v) is 1.91. The standard InChI is InChI=1S/C10H9ClN4OS/c1-12-8-4-6(7(11)5-14-8)9(16)15-10-13-2-3-17-10/h2-5H,1H3,(H,12,14)(H,13,15,16). The Labute approximate surface area is 107 Å². The first-order valence-electron chi connectivity index (χ1n) is 4.75. The minimum Gasteiger partial charge on any atom is -0.373 e. The van der Waals surface area contributed by atoms with Gasteiger partial charge in [-0.25, -0.2) is 9.97 Å². The third kappa shape index (κ3) is 2.72. The predicted molar refractivity (Wildman–Crippen MR) is 68.9 cm³/mol. The molecule has 0 spiro atoms. The number of nitrogens with one attached hydrogen (secondary N) is 2. The second kappa shape index (κ2) is 5.11. The number of carbonyl (C=O) groups excluding carboxylic acids is 1. The van der Waals surface area contributed by atoms with E-state index in [1.807, 2.05) is 0 Å². The van der Waals surface area contributed by atoms with E-state index in [2.05, 4.69) is 20.6 Å². The summed E-state index contributed by atoms with van der Waals surface area (Å²) in [6.07, 6.45) is 3.05. The minimum absolute atomic E-state index is 0.302. The maximum absolute atomic E-state index is 11.9. The summed E-state index contributed by atoms with van der Waals surface area (Å²) in [5.74, 6) is 0.280. The summed E-state index contributed by atoms with van der Waals surface area (Å²) in [5, 5.41) is 8.12. The van der Waals surface area contributed by atoms with Crippen molar-refractivity contribution in [2.45, 2.75) is 0 Å². The highest BCUT2D eigenvalue weighted by Crippen LogP contribution is 2.20. The van der Waals surface area contributed by atoms with Crippen LogP contribution in [0.2, 0.25) is 5.02 Å². The topological polar surface area (TPSA) is 66.9 Å². The molecule has 0 aliphatic carbocycles. The maximum atomic E-state index is 11.9. The molecular weight excluding hydrogens is 260 g/mol. The highest BCUT2D eigenvalue weighted by Gasteiger charge is 2.12. The van der Waals surface area contributed by atoms with Gasteiger partial charge in [0.25, 0.3) is 5.91 Å². The molecule has 0 bridgehead atoms. The molecule has 2 aromatic heterocycles. The van der Waals surface area contributed by atoms with Gasteiger partial charge in [-0.05, 0) is 6.07 Å². The Balaban J connectivity index is 2.24. The van der Waals surface area contributed by atoms with E-state index >= 15 is 0 Å². The Morgan fingerprint density at radius 3 is 2.94 bits per heavy atom. The summed E-state index contributed by atoms with van der Waals surface area (Å²) in [7, 11) is 1.72. The summed E-state index contributed by atoms with van der Waals surface area (Å²) in [6, 6.07) is 1.59. The second-order valence-electron chi connectivity index (χ2n) is 3.09. The lowest BCUT2D eigenvalue weighted by molar-refractivity contribution is 0.102. The monoisotopic (exact) mass is 268 g/mol. The Hall–Kier alpha value is -1.66. The quantitative estimate of drug-likeness (QED) is 0.897. The molecule has 0 saturated heterocycles. The van der Waals surface area contributed by atoms with Crippen LogP contribution >= 0.6 is 22.9 Å². The van der Waals surface area contributed by atoms with E-state index in [0.717, 1.165) is 0 Å². The third-order valence-corrected chi connectivity index (χ3v) is 3.00. The van der Waals surface area contributed by atoms with Gasteiger partial charge in [-0.1, -0.05) is 11.6 Å². The molecule has 0 radical (unpaired) electrons. The number of anilines is 2. The van der Waals surface area contributed by atoms with Crippen LogP contribution in [0.4, 0.5) is 10.9 Å². The van der Waals surface area contributed by atoms with Crippen molar-refractivity contribution in [1.29, 1.82) is 0 Å². The SMILES string of the molecule is CNc1cc(C(=O)Nc2nccs2)c(Cl)cn1. The number of hydrogen-bond donors (Lipinski definition) is 2. The van der Waals surface area contributed by atoms with Gasteiger partial charge in [-0.3, -0.25) is 10.1 Å². The second-order valence-corrected chi connectivity index (χ2v) is 4.39. The average molecular weight is 269 g/mol. The van der Waals surface area contributed by atoms with Gasteiger partial charge < -0.3 is 5.32 Å². The maximum Gasteiger partial charge on any atom is 0.259 e. The van der Waals surface area contributed by atoms with Gasteiger partial charge in [0.2, 0.25) is 0 Å². The Bertz CT molecular complexity index is 529. The first-order valence-corrected chi connectivity index (χ1v) is 6.00. The Kier molecular flexibility index (Phi) is 3.55. The molecule has 2 aromatic rings.